The smallest absolute Gasteiger partial charge is 0.0606 e. The van der Waals surface area contributed by atoms with E-state index in [2.05, 4.69) is 30.9 Å². The molecule has 1 aromatic carbocycles. The largest absolute Gasteiger partial charge is 0.395 e. The molecule has 84 valence electrons. The number of benzene rings is 1. The van der Waals surface area contributed by atoms with Crippen LogP contribution >= 0.6 is 0 Å². The Morgan fingerprint density at radius 2 is 1.93 bits per heavy atom. The molecule has 1 unspecified atom stereocenters. The minimum atomic E-state index is 0.211. The fraction of sp³-hybridized carbons (Fsp3) is 0.538. The lowest BCUT2D eigenvalue weighted by atomic mass is 10.1. The number of hydrogen-bond donors (Lipinski definition) is 1. The highest BCUT2D eigenvalue weighted by Gasteiger charge is 2.12. The molecule has 0 heterocycles. The first-order valence-corrected chi connectivity index (χ1v) is 5.72. The second kappa shape index (κ2) is 6.46. The van der Waals surface area contributed by atoms with Crippen LogP contribution < -0.4 is 4.90 Å². The van der Waals surface area contributed by atoms with Crippen molar-refractivity contribution in [2.45, 2.75) is 32.7 Å². The first kappa shape index (κ1) is 12.1. The van der Waals surface area contributed by atoms with Gasteiger partial charge in [0.15, 0.2) is 0 Å². The summed E-state index contributed by atoms with van der Waals surface area (Å²) >= 11 is 0. The van der Waals surface area contributed by atoms with E-state index in [4.69, 9.17) is 5.11 Å². The molecule has 0 saturated carbocycles. The summed E-state index contributed by atoms with van der Waals surface area (Å²) in [5, 5.41) is 9.07. The van der Waals surface area contributed by atoms with Gasteiger partial charge in [-0.2, -0.15) is 0 Å². The standard InChI is InChI=1S/C13H21NO/c1-3-7-12(2)14(10-11-15)13-8-5-4-6-9-13/h4-6,8-9,12,15H,3,7,10-11H2,1-2H3. The van der Waals surface area contributed by atoms with Crippen LogP contribution in [0.15, 0.2) is 30.3 Å². The van der Waals surface area contributed by atoms with Crippen molar-refractivity contribution < 1.29 is 5.11 Å². The minimum absolute atomic E-state index is 0.211. The van der Waals surface area contributed by atoms with Crippen molar-refractivity contribution in [3.63, 3.8) is 0 Å². The molecule has 0 bridgehead atoms. The van der Waals surface area contributed by atoms with E-state index >= 15 is 0 Å². The first-order chi connectivity index (χ1) is 7.29. The fourth-order valence-electron chi connectivity index (χ4n) is 1.90. The molecule has 0 aliphatic carbocycles. The molecule has 0 spiro atoms. The van der Waals surface area contributed by atoms with Crippen LogP contribution in [-0.4, -0.2) is 24.3 Å². The van der Waals surface area contributed by atoms with Crippen LogP contribution in [0.5, 0.6) is 0 Å². The third kappa shape index (κ3) is 3.56. The highest BCUT2D eigenvalue weighted by Crippen LogP contribution is 2.18. The monoisotopic (exact) mass is 207 g/mol. The van der Waals surface area contributed by atoms with Crippen LogP contribution in [0.1, 0.15) is 26.7 Å². The summed E-state index contributed by atoms with van der Waals surface area (Å²) in [5.74, 6) is 0. The lowest BCUT2D eigenvalue weighted by molar-refractivity contribution is 0.297. The van der Waals surface area contributed by atoms with Crippen LogP contribution in [0.3, 0.4) is 0 Å². The summed E-state index contributed by atoms with van der Waals surface area (Å²) in [6.07, 6.45) is 2.34. The number of rotatable bonds is 6. The van der Waals surface area contributed by atoms with E-state index in [0.29, 0.717) is 12.6 Å². The second-order valence-electron chi connectivity index (χ2n) is 3.89. The molecule has 0 saturated heterocycles. The number of para-hydroxylation sites is 1. The Balaban J connectivity index is 2.73. The Bertz CT molecular complexity index is 260. The molecular formula is C13H21NO. The van der Waals surface area contributed by atoms with Crippen molar-refractivity contribution in [1.29, 1.82) is 0 Å². The summed E-state index contributed by atoms with van der Waals surface area (Å²) in [7, 11) is 0. The lowest BCUT2D eigenvalue weighted by Crippen LogP contribution is -2.35. The van der Waals surface area contributed by atoms with Crippen LogP contribution in [0, 0.1) is 0 Å². The molecule has 0 aliphatic heterocycles. The zero-order valence-electron chi connectivity index (χ0n) is 9.69. The van der Waals surface area contributed by atoms with Crippen LogP contribution in [0.2, 0.25) is 0 Å². The van der Waals surface area contributed by atoms with Gasteiger partial charge in [-0.05, 0) is 25.5 Å². The summed E-state index contributed by atoms with van der Waals surface area (Å²) in [4.78, 5) is 2.27. The average molecular weight is 207 g/mol. The average Bonchev–Trinajstić information content (AvgIpc) is 2.27. The van der Waals surface area contributed by atoms with Crippen LogP contribution in [0.25, 0.3) is 0 Å². The van der Waals surface area contributed by atoms with Crippen LogP contribution in [-0.2, 0) is 0 Å². The SMILES string of the molecule is CCCC(C)N(CCO)c1ccccc1. The quantitative estimate of drug-likeness (QED) is 0.775. The maximum absolute atomic E-state index is 9.07. The normalized spacial score (nSPS) is 12.5. The Kier molecular flexibility index (Phi) is 5.19. The minimum Gasteiger partial charge on any atom is -0.395 e. The van der Waals surface area contributed by atoms with E-state index in [1.165, 1.54) is 12.1 Å². The topological polar surface area (TPSA) is 23.5 Å². The van der Waals surface area contributed by atoms with Gasteiger partial charge in [0, 0.05) is 18.3 Å². The third-order valence-corrected chi connectivity index (χ3v) is 2.67. The van der Waals surface area contributed by atoms with Crippen molar-refractivity contribution in [3.8, 4) is 0 Å². The number of anilines is 1. The first-order valence-electron chi connectivity index (χ1n) is 5.72. The zero-order chi connectivity index (χ0) is 11.1. The van der Waals surface area contributed by atoms with Crippen molar-refractivity contribution >= 4 is 5.69 Å². The third-order valence-electron chi connectivity index (χ3n) is 2.67. The molecule has 1 atom stereocenters. The van der Waals surface area contributed by atoms with E-state index in [0.717, 1.165) is 6.42 Å². The Hall–Kier alpha value is -1.02. The molecule has 2 nitrogen and oxygen atoms in total. The molecular weight excluding hydrogens is 186 g/mol. The molecule has 0 radical (unpaired) electrons. The predicted octanol–water partition coefficient (Wildman–Crippen LogP) is 2.67. The molecule has 2 heteroatoms. The van der Waals surface area contributed by atoms with Crippen molar-refractivity contribution in [1.82, 2.24) is 0 Å². The number of nitrogens with zero attached hydrogens (tertiary/aromatic N) is 1. The number of aliphatic hydroxyl groups excluding tert-OH is 1. The van der Waals surface area contributed by atoms with Gasteiger partial charge in [0.05, 0.1) is 6.61 Å². The highest BCUT2D eigenvalue weighted by molar-refractivity contribution is 5.46. The highest BCUT2D eigenvalue weighted by atomic mass is 16.3. The maximum Gasteiger partial charge on any atom is 0.0606 e. The Morgan fingerprint density at radius 3 is 2.47 bits per heavy atom. The lowest BCUT2D eigenvalue weighted by Gasteiger charge is -2.30. The van der Waals surface area contributed by atoms with E-state index < -0.39 is 0 Å². The van der Waals surface area contributed by atoms with E-state index in [-0.39, 0.29) is 6.61 Å². The summed E-state index contributed by atoms with van der Waals surface area (Å²) < 4.78 is 0. The zero-order valence-corrected chi connectivity index (χ0v) is 9.69. The van der Waals surface area contributed by atoms with Crippen molar-refractivity contribution in [2.75, 3.05) is 18.1 Å². The van der Waals surface area contributed by atoms with Crippen molar-refractivity contribution in [2.24, 2.45) is 0 Å². The Labute approximate surface area is 92.5 Å². The van der Waals surface area contributed by atoms with Crippen LogP contribution in [0.4, 0.5) is 5.69 Å². The summed E-state index contributed by atoms with van der Waals surface area (Å²) in [5.41, 5.74) is 1.20. The van der Waals surface area contributed by atoms with Gasteiger partial charge in [-0.15, -0.1) is 0 Å². The maximum atomic E-state index is 9.07. The summed E-state index contributed by atoms with van der Waals surface area (Å²) in [6, 6.07) is 10.8. The fourth-order valence-corrected chi connectivity index (χ4v) is 1.90. The summed E-state index contributed by atoms with van der Waals surface area (Å²) in [6.45, 7) is 5.33. The van der Waals surface area contributed by atoms with Gasteiger partial charge < -0.3 is 10.0 Å². The van der Waals surface area contributed by atoms with Gasteiger partial charge in [-0.3, -0.25) is 0 Å². The molecule has 1 aromatic rings. The molecule has 0 aliphatic rings. The van der Waals surface area contributed by atoms with Crippen molar-refractivity contribution in [3.05, 3.63) is 30.3 Å². The molecule has 1 rings (SSSR count). The van der Waals surface area contributed by atoms with Gasteiger partial charge >= 0.3 is 0 Å². The predicted molar refractivity (Wildman–Crippen MR) is 65.2 cm³/mol. The van der Waals surface area contributed by atoms with E-state index in [9.17, 15) is 0 Å². The molecule has 1 N–H and O–H groups in total. The molecule has 0 amide bonds. The van der Waals surface area contributed by atoms with Gasteiger partial charge in [-0.1, -0.05) is 31.5 Å². The van der Waals surface area contributed by atoms with Gasteiger partial charge in [0.1, 0.15) is 0 Å². The number of aliphatic hydroxyl groups is 1. The van der Waals surface area contributed by atoms with Gasteiger partial charge in [0.2, 0.25) is 0 Å². The van der Waals surface area contributed by atoms with E-state index in [1.54, 1.807) is 0 Å². The number of hydrogen-bond acceptors (Lipinski definition) is 2. The Morgan fingerprint density at radius 1 is 1.27 bits per heavy atom. The molecule has 0 fully saturated rings. The second-order valence-corrected chi connectivity index (χ2v) is 3.89. The molecule has 15 heavy (non-hydrogen) atoms. The van der Waals surface area contributed by atoms with Gasteiger partial charge in [-0.25, -0.2) is 0 Å². The van der Waals surface area contributed by atoms with E-state index in [1.807, 2.05) is 18.2 Å². The van der Waals surface area contributed by atoms with Gasteiger partial charge in [0.25, 0.3) is 0 Å². The molecule has 0 aromatic heterocycles.